The third kappa shape index (κ3) is 4.73. The van der Waals surface area contributed by atoms with E-state index in [0.717, 1.165) is 38.2 Å². The van der Waals surface area contributed by atoms with Crippen molar-refractivity contribution in [2.24, 2.45) is 5.41 Å². The Bertz CT molecular complexity index is 146. The summed E-state index contributed by atoms with van der Waals surface area (Å²) in [4.78, 5) is 0. The molecule has 0 spiro atoms. The molecule has 1 aliphatic heterocycles. The molecule has 1 fully saturated rings. The van der Waals surface area contributed by atoms with Crippen LogP contribution in [-0.4, -0.2) is 38.6 Å². The summed E-state index contributed by atoms with van der Waals surface area (Å²) in [6, 6.07) is 0. The van der Waals surface area contributed by atoms with Crippen LogP contribution in [0.5, 0.6) is 0 Å². The summed E-state index contributed by atoms with van der Waals surface area (Å²) in [5.74, 6) is 0. The number of alkyl halides is 1. The van der Waals surface area contributed by atoms with E-state index in [0.29, 0.717) is 6.79 Å². The van der Waals surface area contributed by atoms with Crippen LogP contribution in [0.3, 0.4) is 0 Å². The highest BCUT2D eigenvalue weighted by Gasteiger charge is 2.28. The molecular formula is C10H19BrO3. The molecule has 1 heterocycles. The van der Waals surface area contributed by atoms with E-state index in [9.17, 15) is 0 Å². The molecule has 0 atom stereocenters. The predicted molar refractivity (Wildman–Crippen MR) is 58.7 cm³/mol. The van der Waals surface area contributed by atoms with Crippen LogP contribution in [0.1, 0.15) is 19.8 Å². The Balaban J connectivity index is 2.03. The molecule has 0 aromatic carbocycles. The Morgan fingerprint density at radius 1 is 1.29 bits per heavy atom. The fourth-order valence-corrected chi connectivity index (χ4v) is 1.77. The van der Waals surface area contributed by atoms with Crippen molar-refractivity contribution in [2.75, 3.05) is 38.6 Å². The number of halogens is 1. The molecule has 4 heteroatoms. The summed E-state index contributed by atoms with van der Waals surface area (Å²) in [5.41, 5.74) is 0.0483. The van der Waals surface area contributed by atoms with Gasteiger partial charge in [-0.2, -0.15) is 0 Å². The number of hydrogen-bond acceptors (Lipinski definition) is 3. The Morgan fingerprint density at radius 3 is 2.64 bits per heavy atom. The van der Waals surface area contributed by atoms with Gasteiger partial charge < -0.3 is 14.2 Å². The van der Waals surface area contributed by atoms with E-state index in [2.05, 4.69) is 22.9 Å². The van der Waals surface area contributed by atoms with Crippen LogP contribution >= 0.6 is 15.9 Å². The molecule has 0 saturated carbocycles. The van der Waals surface area contributed by atoms with Gasteiger partial charge in [0, 0.05) is 17.4 Å². The zero-order valence-corrected chi connectivity index (χ0v) is 10.3. The maximum absolute atomic E-state index is 5.60. The SMILES string of the molecule is CC1(COCCCCBr)COCOC1. The standard InChI is InChI=1S/C10H19BrO3/c1-10(7-13-9-14-8-10)6-12-5-3-2-4-11/h2-9H2,1H3. The van der Waals surface area contributed by atoms with Crippen molar-refractivity contribution in [3.8, 4) is 0 Å². The molecule has 0 aliphatic carbocycles. The first-order chi connectivity index (χ1) is 6.77. The molecule has 0 aromatic heterocycles. The third-order valence-electron chi connectivity index (χ3n) is 2.19. The molecule has 3 nitrogen and oxygen atoms in total. The highest BCUT2D eigenvalue weighted by atomic mass is 79.9. The number of hydrogen-bond donors (Lipinski definition) is 0. The Hall–Kier alpha value is 0.360. The van der Waals surface area contributed by atoms with Crippen LogP contribution in [0.25, 0.3) is 0 Å². The molecule has 0 N–H and O–H groups in total. The second kappa shape index (κ2) is 6.77. The zero-order chi connectivity index (χ0) is 10.3. The van der Waals surface area contributed by atoms with Crippen LogP contribution in [0.4, 0.5) is 0 Å². The monoisotopic (exact) mass is 266 g/mol. The van der Waals surface area contributed by atoms with Gasteiger partial charge in [-0.05, 0) is 12.8 Å². The highest BCUT2D eigenvalue weighted by molar-refractivity contribution is 9.09. The lowest BCUT2D eigenvalue weighted by Crippen LogP contribution is -2.38. The fraction of sp³-hybridized carbons (Fsp3) is 1.00. The van der Waals surface area contributed by atoms with E-state index in [4.69, 9.17) is 14.2 Å². The van der Waals surface area contributed by atoms with Crippen LogP contribution < -0.4 is 0 Å². The molecule has 0 amide bonds. The van der Waals surface area contributed by atoms with Crippen molar-refractivity contribution < 1.29 is 14.2 Å². The van der Waals surface area contributed by atoms with E-state index in [1.54, 1.807) is 0 Å². The minimum Gasteiger partial charge on any atom is -0.381 e. The van der Waals surface area contributed by atoms with E-state index >= 15 is 0 Å². The first-order valence-electron chi connectivity index (χ1n) is 5.06. The molecule has 1 rings (SSSR count). The number of unbranched alkanes of at least 4 members (excludes halogenated alkanes) is 1. The smallest absolute Gasteiger partial charge is 0.146 e. The maximum atomic E-state index is 5.60. The molecule has 1 aliphatic rings. The molecule has 1 saturated heterocycles. The third-order valence-corrected chi connectivity index (χ3v) is 2.75. The summed E-state index contributed by atoms with van der Waals surface area (Å²) in [6.45, 7) is 5.61. The minimum absolute atomic E-state index is 0.0483. The lowest BCUT2D eigenvalue weighted by atomic mass is 9.94. The van der Waals surface area contributed by atoms with Gasteiger partial charge in [0.2, 0.25) is 0 Å². The number of ether oxygens (including phenoxy) is 3. The van der Waals surface area contributed by atoms with Crippen molar-refractivity contribution in [3.63, 3.8) is 0 Å². The Labute approximate surface area is 94.2 Å². The van der Waals surface area contributed by atoms with Gasteiger partial charge in [0.15, 0.2) is 0 Å². The summed E-state index contributed by atoms with van der Waals surface area (Å²) < 4.78 is 16.1. The van der Waals surface area contributed by atoms with Gasteiger partial charge in [-0.3, -0.25) is 0 Å². The molecule has 0 aromatic rings. The average Bonchev–Trinajstić information content (AvgIpc) is 2.18. The van der Waals surface area contributed by atoms with Gasteiger partial charge in [-0.1, -0.05) is 22.9 Å². The Kier molecular flexibility index (Phi) is 6.01. The zero-order valence-electron chi connectivity index (χ0n) is 8.76. The predicted octanol–water partition coefficient (Wildman–Crippen LogP) is 2.19. The normalized spacial score (nSPS) is 21.0. The maximum Gasteiger partial charge on any atom is 0.146 e. The average molecular weight is 267 g/mol. The lowest BCUT2D eigenvalue weighted by Gasteiger charge is -2.32. The summed E-state index contributed by atoms with van der Waals surface area (Å²) >= 11 is 3.39. The molecule has 14 heavy (non-hydrogen) atoms. The van der Waals surface area contributed by atoms with Crippen LogP contribution in [0, 0.1) is 5.41 Å². The van der Waals surface area contributed by atoms with Crippen molar-refractivity contribution in [1.82, 2.24) is 0 Å². The van der Waals surface area contributed by atoms with Crippen molar-refractivity contribution in [3.05, 3.63) is 0 Å². The van der Waals surface area contributed by atoms with Gasteiger partial charge >= 0.3 is 0 Å². The second-order valence-corrected chi connectivity index (χ2v) is 4.87. The minimum atomic E-state index is 0.0483. The fourth-order valence-electron chi connectivity index (χ4n) is 1.38. The van der Waals surface area contributed by atoms with Crippen molar-refractivity contribution in [2.45, 2.75) is 19.8 Å². The topological polar surface area (TPSA) is 27.7 Å². The van der Waals surface area contributed by atoms with Gasteiger partial charge in [0.05, 0.1) is 19.8 Å². The molecule has 0 unspecified atom stereocenters. The first-order valence-corrected chi connectivity index (χ1v) is 6.18. The van der Waals surface area contributed by atoms with Crippen molar-refractivity contribution >= 4 is 15.9 Å². The van der Waals surface area contributed by atoms with E-state index in [1.165, 1.54) is 6.42 Å². The van der Waals surface area contributed by atoms with E-state index in [-0.39, 0.29) is 5.41 Å². The molecule has 0 bridgehead atoms. The Morgan fingerprint density at radius 2 is 2.00 bits per heavy atom. The lowest BCUT2D eigenvalue weighted by molar-refractivity contribution is -0.175. The summed E-state index contributed by atoms with van der Waals surface area (Å²) in [7, 11) is 0. The first kappa shape index (κ1) is 12.4. The van der Waals surface area contributed by atoms with Gasteiger partial charge in [0.1, 0.15) is 6.79 Å². The van der Waals surface area contributed by atoms with Crippen LogP contribution in [-0.2, 0) is 14.2 Å². The summed E-state index contributed by atoms with van der Waals surface area (Å²) in [5, 5.41) is 1.06. The van der Waals surface area contributed by atoms with E-state index in [1.807, 2.05) is 0 Å². The number of rotatable bonds is 6. The quantitative estimate of drug-likeness (QED) is 0.545. The van der Waals surface area contributed by atoms with Crippen LogP contribution in [0.2, 0.25) is 0 Å². The highest BCUT2D eigenvalue weighted by Crippen LogP contribution is 2.21. The largest absolute Gasteiger partial charge is 0.381 e. The van der Waals surface area contributed by atoms with Gasteiger partial charge in [0.25, 0.3) is 0 Å². The molecule has 84 valence electrons. The van der Waals surface area contributed by atoms with E-state index < -0.39 is 0 Å². The van der Waals surface area contributed by atoms with Crippen molar-refractivity contribution in [1.29, 1.82) is 0 Å². The second-order valence-electron chi connectivity index (χ2n) is 4.07. The van der Waals surface area contributed by atoms with Gasteiger partial charge in [-0.15, -0.1) is 0 Å². The van der Waals surface area contributed by atoms with Gasteiger partial charge in [-0.25, -0.2) is 0 Å². The summed E-state index contributed by atoms with van der Waals surface area (Å²) in [6.07, 6.45) is 2.28. The molecular weight excluding hydrogens is 248 g/mol. The molecule has 0 radical (unpaired) electrons. The van der Waals surface area contributed by atoms with Crippen LogP contribution in [0.15, 0.2) is 0 Å².